The molecule has 0 aliphatic heterocycles. The number of ether oxygens (including phenoxy) is 4. The maximum Gasteiger partial charge on any atom is 0.322 e. The Bertz CT molecular complexity index is 960. The van der Waals surface area contributed by atoms with Crippen LogP contribution < -0.4 is 24.3 Å². The number of aromatic nitrogens is 2. The van der Waals surface area contributed by atoms with Gasteiger partial charge < -0.3 is 23.4 Å². The summed E-state index contributed by atoms with van der Waals surface area (Å²) >= 11 is 0. The maximum atomic E-state index is 12.6. The lowest BCUT2D eigenvalue weighted by molar-refractivity contribution is 0.102. The van der Waals surface area contributed by atoms with Crippen molar-refractivity contribution in [1.82, 2.24) is 10.2 Å². The number of benzene rings is 2. The third-order valence-electron chi connectivity index (χ3n) is 3.89. The van der Waals surface area contributed by atoms with Crippen LogP contribution in [0.4, 0.5) is 6.01 Å². The van der Waals surface area contributed by atoms with Gasteiger partial charge in [0.15, 0.2) is 11.5 Å². The molecule has 0 fully saturated rings. The second kappa shape index (κ2) is 8.30. The molecular formula is C19H19N3O6. The fraction of sp³-hybridized carbons (Fsp3) is 0.211. The van der Waals surface area contributed by atoms with Gasteiger partial charge >= 0.3 is 6.01 Å². The highest BCUT2D eigenvalue weighted by Crippen LogP contribution is 2.38. The molecule has 0 unspecified atom stereocenters. The molecule has 0 aliphatic carbocycles. The topological polar surface area (TPSA) is 105 Å². The minimum atomic E-state index is -0.472. The van der Waals surface area contributed by atoms with Crippen LogP contribution in [-0.2, 0) is 0 Å². The standard InChI is InChI=1S/C19H19N3O6/c1-24-13-7-5-6-11(8-13)18-21-22-19(28-18)20-17(23)12-9-14(25-2)16(27-4)15(10-12)26-3/h5-10H,1-4H3,(H,20,22,23). The Morgan fingerprint density at radius 1 is 0.929 bits per heavy atom. The normalized spacial score (nSPS) is 10.3. The molecule has 0 aliphatic rings. The number of rotatable bonds is 7. The third-order valence-corrected chi connectivity index (χ3v) is 3.89. The van der Waals surface area contributed by atoms with Crippen LogP contribution in [0.1, 0.15) is 10.4 Å². The summed E-state index contributed by atoms with van der Waals surface area (Å²) in [6, 6.07) is 10.1. The number of carbonyl (C=O) groups excluding carboxylic acids is 1. The number of hydrogen-bond acceptors (Lipinski definition) is 8. The highest BCUT2D eigenvalue weighted by molar-refractivity contribution is 6.04. The summed E-state index contributed by atoms with van der Waals surface area (Å²) in [6.07, 6.45) is 0. The zero-order valence-corrected chi connectivity index (χ0v) is 15.8. The van der Waals surface area contributed by atoms with Gasteiger partial charge in [0.2, 0.25) is 11.6 Å². The first-order chi connectivity index (χ1) is 13.6. The highest BCUT2D eigenvalue weighted by Gasteiger charge is 2.19. The molecule has 0 radical (unpaired) electrons. The van der Waals surface area contributed by atoms with Gasteiger partial charge in [-0.1, -0.05) is 11.2 Å². The second-order valence-corrected chi connectivity index (χ2v) is 5.51. The van der Waals surface area contributed by atoms with E-state index in [1.165, 1.54) is 33.5 Å². The molecule has 2 aromatic carbocycles. The van der Waals surface area contributed by atoms with Crippen LogP contribution in [0.15, 0.2) is 40.8 Å². The van der Waals surface area contributed by atoms with Crippen molar-refractivity contribution in [2.45, 2.75) is 0 Å². The van der Waals surface area contributed by atoms with Gasteiger partial charge in [0.1, 0.15) is 5.75 Å². The molecule has 0 spiro atoms. The summed E-state index contributed by atoms with van der Waals surface area (Å²) < 4.78 is 26.5. The Labute approximate surface area is 161 Å². The van der Waals surface area contributed by atoms with E-state index in [2.05, 4.69) is 15.5 Å². The molecule has 0 saturated carbocycles. The summed E-state index contributed by atoms with van der Waals surface area (Å²) in [5, 5.41) is 10.4. The van der Waals surface area contributed by atoms with E-state index in [-0.39, 0.29) is 17.5 Å². The number of nitrogens with zero attached hydrogens (tertiary/aromatic N) is 2. The fourth-order valence-corrected chi connectivity index (χ4v) is 2.53. The van der Waals surface area contributed by atoms with Crippen molar-refractivity contribution in [3.8, 4) is 34.5 Å². The Hall–Kier alpha value is -3.75. The van der Waals surface area contributed by atoms with Gasteiger partial charge in [-0.2, -0.15) is 0 Å². The minimum absolute atomic E-state index is 0.0448. The van der Waals surface area contributed by atoms with E-state index in [0.29, 0.717) is 28.6 Å². The molecule has 3 rings (SSSR count). The quantitative estimate of drug-likeness (QED) is 0.662. The maximum absolute atomic E-state index is 12.6. The van der Waals surface area contributed by atoms with E-state index in [1.54, 1.807) is 31.4 Å². The van der Waals surface area contributed by atoms with Crippen molar-refractivity contribution in [2.75, 3.05) is 33.8 Å². The molecule has 28 heavy (non-hydrogen) atoms. The first-order valence-electron chi connectivity index (χ1n) is 8.19. The molecular weight excluding hydrogens is 366 g/mol. The lowest BCUT2D eigenvalue weighted by Crippen LogP contribution is -2.13. The Kier molecular flexibility index (Phi) is 5.64. The fourth-order valence-electron chi connectivity index (χ4n) is 2.53. The van der Waals surface area contributed by atoms with Crippen LogP contribution in [0.3, 0.4) is 0 Å². The van der Waals surface area contributed by atoms with Crippen LogP contribution in [0, 0.1) is 0 Å². The average Bonchev–Trinajstić information content (AvgIpc) is 3.21. The predicted molar refractivity (Wildman–Crippen MR) is 100 cm³/mol. The van der Waals surface area contributed by atoms with E-state index in [0.717, 1.165) is 0 Å². The zero-order chi connectivity index (χ0) is 20.1. The van der Waals surface area contributed by atoms with Crippen LogP contribution >= 0.6 is 0 Å². The van der Waals surface area contributed by atoms with Crippen molar-refractivity contribution < 1.29 is 28.2 Å². The molecule has 1 N–H and O–H groups in total. The monoisotopic (exact) mass is 385 g/mol. The summed E-state index contributed by atoms with van der Waals surface area (Å²) in [5.74, 6) is 1.53. The van der Waals surface area contributed by atoms with Crippen molar-refractivity contribution in [3.63, 3.8) is 0 Å². The number of hydrogen-bond donors (Lipinski definition) is 1. The van der Waals surface area contributed by atoms with Crippen LogP contribution in [0.2, 0.25) is 0 Å². The summed E-state index contributed by atoms with van der Waals surface area (Å²) in [5.41, 5.74) is 0.941. The van der Waals surface area contributed by atoms with E-state index in [9.17, 15) is 4.79 Å². The molecule has 3 aromatic rings. The van der Waals surface area contributed by atoms with Gasteiger partial charge in [-0.3, -0.25) is 10.1 Å². The number of amides is 1. The molecule has 1 heterocycles. The smallest absolute Gasteiger partial charge is 0.322 e. The van der Waals surface area contributed by atoms with Gasteiger partial charge in [-0.15, -0.1) is 5.10 Å². The van der Waals surface area contributed by atoms with E-state index >= 15 is 0 Å². The minimum Gasteiger partial charge on any atom is -0.497 e. The molecule has 9 nitrogen and oxygen atoms in total. The predicted octanol–water partition coefficient (Wildman–Crippen LogP) is 3.02. The summed E-state index contributed by atoms with van der Waals surface area (Å²) in [6.45, 7) is 0. The first kappa shape index (κ1) is 19.0. The number of anilines is 1. The Morgan fingerprint density at radius 2 is 1.64 bits per heavy atom. The van der Waals surface area contributed by atoms with E-state index in [1.807, 2.05) is 0 Å². The number of nitrogens with one attached hydrogen (secondary N) is 1. The van der Waals surface area contributed by atoms with Crippen molar-refractivity contribution in [3.05, 3.63) is 42.0 Å². The van der Waals surface area contributed by atoms with Gasteiger partial charge in [-0.05, 0) is 30.3 Å². The van der Waals surface area contributed by atoms with Gasteiger partial charge in [-0.25, -0.2) is 0 Å². The van der Waals surface area contributed by atoms with Crippen molar-refractivity contribution >= 4 is 11.9 Å². The molecule has 0 saturated heterocycles. The Morgan fingerprint density at radius 3 is 2.25 bits per heavy atom. The number of carbonyl (C=O) groups is 1. The summed E-state index contributed by atoms with van der Waals surface area (Å²) in [4.78, 5) is 12.6. The largest absolute Gasteiger partial charge is 0.497 e. The second-order valence-electron chi connectivity index (χ2n) is 5.51. The van der Waals surface area contributed by atoms with E-state index < -0.39 is 5.91 Å². The molecule has 0 atom stereocenters. The van der Waals surface area contributed by atoms with Crippen LogP contribution in [0.5, 0.6) is 23.0 Å². The average molecular weight is 385 g/mol. The van der Waals surface area contributed by atoms with Gasteiger partial charge in [0.05, 0.1) is 28.4 Å². The zero-order valence-electron chi connectivity index (χ0n) is 15.8. The van der Waals surface area contributed by atoms with Gasteiger partial charge in [0, 0.05) is 11.1 Å². The highest BCUT2D eigenvalue weighted by atomic mass is 16.5. The lowest BCUT2D eigenvalue weighted by atomic mass is 10.1. The van der Waals surface area contributed by atoms with Crippen molar-refractivity contribution in [1.29, 1.82) is 0 Å². The molecule has 1 amide bonds. The molecule has 1 aromatic heterocycles. The first-order valence-corrected chi connectivity index (χ1v) is 8.19. The number of methoxy groups -OCH3 is 4. The van der Waals surface area contributed by atoms with Crippen LogP contribution in [-0.4, -0.2) is 44.5 Å². The molecule has 9 heteroatoms. The lowest BCUT2D eigenvalue weighted by Gasteiger charge is -2.13. The van der Waals surface area contributed by atoms with Crippen molar-refractivity contribution in [2.24, 2.45) is 0 Å². The SMILES string of the molecule is COc1cccc(-c2nnc(NC(=O)c3cc(OC)c(OC)c(OC)c3)o2)c1. The Balaban J connectivity index is 1.83. The summed E-state index contributed by atoms with van der Waals surface area (Å²) in [7, 11) is 5.99. The molecule has 0 bridgehead atoms. The van der Waals surface area contributed by atoms with Crippen LogP contribution in [0.25, 0.3) is 11.5 Å². The molecule has 146 valence electrons. The van der Waals surface area contributed by atoms with E-state index in [4.69, 9.17) is 23.4 Å². The van der Waals surface area contributed by atoms with Gasteiger partial charge in [0.25, 0.3) is 5.91 Å². The third kappa shape index (κ3) is 3.83.